The molecule has 0 amide bonds. The van der Waals surface area contributed by atoms with Crippen LogP contribution in [0.25, 0.3) is 0 Å². The third kappa shape index (κ3) is 6.64. The number of aliphatic imine (C=N–C) groups is 2. The highest BCUT2D eigenvalue weighted by Gasteiger charge is 2.01. The predicted octanol–water partition coefficient (Wildman–Crippen LogP) is 4.85. The van der Waals surface area contributed by atoms with Crippen LogP contribution in [0.2, 0.25) is 0 Å². The minimum absolute atomic E-state index is 0.581. The molecule has 0 radical (unpaired) electrons. The van der Waals surface area contributed by atoms with Crippen molar-refractivity contribution in [3.8, 4) is 0 Å². The molecule has 0 atom stereocenters. The summed E-state index contributed by atoms with van der Waals surface area (Å²) < 4.78 is 0. The standard InChI is InChI=1S/C18H24N2/c1-7-11-12-17(10-4)18(13-15(5)19-6)20-14-16(8-2)9-3/h7-13H,2,4,6,14H2,1,3,5H3/b11-7-,15-13-,16-9+,17-12+,20-18?. The smallest absolute Gasteiger partial charge is 0.0668 e. The molecule has 2 nitrogen and oxygen atoms in total. The summed E-state index contributed by atoms with van der Waals surface area (Å²) in [7, 11) is 0. The first-order chi connectivity index (χ1) is 9.62. The minimum atomic E-state index is 0.581. The molecule has 20 heavy (non-hydrogen) atoms. The molecule has 0 heterocycles. The molecule has 0 saturated heterocycles. The van der Waals surface area contributed by atoms with Gasteiger partial charge in [-0.05, 0) is 44.7 Å². The van der Waals surface area contributed by atoms with E-state index in [1.807, 2.05) is 57.2 Å². The molecule has 0 aromatic carbocycles. The summed E-state index contributed by atoms with van der Waals surface area (Å²) in [6.07, 6.45) is 13.4. The second kappa shape index (κ2) is 10.7. The van der Waals surface area contributed by atoms with Crippen molar-refractivity contribution in [1.82, 2.24) is 0 Å². The molecule has 106 valence electrons. The van der Waals surface area contributed by atoms with Crippen LogP contribution in [-0.2, 0) is 0 Å². The molecule has 0 unspecified atom stereocenters. The van der Waals surface area contributed by atoms with E-state index in [1.54, 1.807) is 6.08 Å². The minimum Gasteiger partial charge on any atom is -0.280 e. The van der Waals surface area contributed by atoms with Crippen LogP contribution in [0.3, 0.4) is 0 Å². The van der Waals surface area contributed by atoms with Crippen molar-refractivity contribution in [2.75, 3.05) is 6.54 Å². The van der Waals surface area contributed by atoms with Gasteiger partial charge in [0.05, 0.1) is 12.3 Å². The molecule has 2 heteroatoms. The third-order valence-corrected chi connectivity index (χ3v) is 2.64. The van der Waals surface area contributed by atoms with Crippen LogP contribution in [0.4, 0.5) is 0 Å². The molecule has 0 saturated carbocycles. The Labute approximate surface area is 123 Å². The second-order valence-corrected chi connectivity index (χ2v) is 4.06. The van der Waals surface area contributed by atoms with Crippen LogP contribution in [0.5, 0.6) is 0 Å². The Kier molecular flexibility index (Phi) is 9.49. The van der Waals surface area contributed by atoms with Crippen molar-refractivity contribution in [2.45, 2.75) is 20.8 Å². The van der Waals surface area contributed by atoms with Crippen LogP contribution in [-0.4, -0.2) is 19.0 Å². The maximum atomic E-state index is 4.62. The second-order valence-electron chi connectivity index (χ2n) is 4.06. The highest BCUT2D eigenvalue weighted by atomic mass is 14.7. The lowest BCUT2D eigenvalue weighted by molar-refractivity contribution is 1.17. The zero-order valence-electron chi connectivity index (χ0n) is 12.8. The van der Waals surface area contributed by atoms with Crippen LogP contribution in [0.15, 0.2) is 82.5 Å². The number of rotatable bonds is 8. The lowest BCUT2D eigenvalue weighted by Crippen LogP contribution is -2.00. The molecule has 0 spiro atoms. The fourth-order valence-corrected chi connectivity index (χ4v) is 1.37. The van der Waals surface area contributed by atoms with E-state index in [1.165, 1.54) is 0 Å². The highest BCUT2D eigenvalue weighted by molar-refractivity contribution is 6.10. The third-order valence-electron chi connectivity index (χ3n) is 2.64. The first kappa shape index (κ1) is 17.8. The summed E-state index contributed by atoms with van der Waals surface area (Å²) in [6, 6.07) is 0. The first-order valence-corrected chi connectivity index (χ1v) is 6.55. The molecule has 0 aromatic heterocycles. The zero-order valence-corrected chi connectivity index (χ0v) is 12.8. The Morgan fingerprint density at radius 3 is 2.30 bits per heavy atom. The van der Waals surface area contributed by atoms with Crippen LogP contribution >= 0.6 is 0 Å². The fourth-order valence-electron chi connectivity index (χ4n) is 1.37. The van der Waals surface area contributed by atoms with Crippen LogP contribution in [0, 0.1) is 0 Å². The van der Waals surface area contributed by atoms with Gasteiger partial charge < -0.3 is 0 Å². The van der Waals surface area contributed by atoms with E-state index in [2.05, 4.69) is 29.9 Å². The number of nitrogens with zero attached hydrogens (tertiary/aromatic N) is 2. The maximum absolute atomic E-state index is 4.62. The fraction of sp³-hybridized carbons (Fsp3) is 0.222. The summed E-state index contributed by atoms with van der Waals surface area (Å²) >= 11 is 0. The Balaban J connectivity index is 5.58. The molecule has 0 aliphatic rings. The topological polar surface area (TPSA) is 24.7 Å². The summed E-state index contributed by atoms with van der Waals surface area (Å²) in [4.78, 5) is 8.53. The van der Waals surface area contributed by atoms with Crippen molar-refractivity contribution in [3.63, 3.8) is 0 Å². The zero-order chi connectivity index (χ0) is 15.4. The first-order valence-electron chi connectivity index (χ1n) is 6.55. The van der Waals surface area contributed by atoms with Crippen molar-refractivity contribution in [3.05, 3.63) is 72.5 Å². The van der Waals surface area contributed by atoms with Gasteiger partial charge in [-0.25, -0.2) is 0 Å². The summed E-state index contributed by atoms with van der Waals surface area (Å²) in [5.74, 6) is 0. The van der Waals surface area contributed by atoms with E-state index in [0.717, 1.165) is 22.6 Å². The molecule has 0 aromatic rings. The molecule has 0 aliphatic carbocycles. The summed E-state index contributed by atoms with van der Waals surface area (Å²) in [5, 5.41) is 0. The van der Waals surface area contributed by atoms with Gasteiger partial charge in [0.1, 0.15) is 0 Å². The van der Waals surface area contributed by atoms with Gasteiger partial charge in [0.2, 0.25) is 0 Å². The molecular weight excluding hydrogens is 244 g/mol. The average molecular weight is 268 g/mol. The van der Waals surface area contributed by atoms with Crippen molar-refractivity contribution < 1.29 is 0 Å². The van der Waals surface area contributed by atoms with E-state index < -0.39 is 0 Å². The average Bonchev–Trinajstić information content (AvgIpc) is 2.48. The van der Waals surface area contributed by atoms with E-state index in [4.69, 9.17) is 0 Å². The van der Waals surface area contributed by atoms with Gasteiger partial charge in [-0.3, -0.25) is 9.98 Å². The van der Waals surface area contributed by atoms with E-state index in [-0.39, 0.29) is 0 Å². The Bertz CT molecular complexity index is 498. The number of hydrogen-bond acceptors (Lipinski definition) is 2. The quantitative estimate of drug-likeness (QED) is 0.444. The molecule has 0 aliphatic heterocycles. The van der Waals surface area contributed by atoms with Gasteiger partial charge in [-0.15, -0.1) is 0 Å². The van der Waals surface area contributed by atoms with Gasteiger partial charge in [-0.2, -0.15) is 0 Å². The van der Waals surface area contributed by atoms with Crippen molar-refractivity contribution in [2.24, 2.45) is 9.98 Å². The van der Waals surface area contributed by atoms with E-state index in [9.17, 15) is 0 Å². The number of allylic oxidation sites excluding steroid dienone is 8. The van der Waals surface area contributed by atoms with E-state index in [0.29, 0.717) is 6.54 Å². The summed E-state index contributed by atoms with van der Waals surface area (Å²) in [6.45, 7) is 17.6. The Hall–Kier alpha value is -2.22. The molecule has 0 fully saturated rings. The number of hydrogen-bond donors (Lipinski definition) is 0. The SMILES string of the molecule is C=C/C(=C\C)CN=C(/C=C(/C)N=C)/C(C=C)=C/C=C\C. The molecule has 0 N–H and O–H groups in total. The normalized spacial score (nSPS) is 14.6. The van der Waals surface area contributed by atoms with Gasteiger partial charge >= 0.3 is 0 Å². The van der Waals surface area contributed by atoms with Crippen molar-refractivity contribution >= 4 is 12.4 Å². The van der Waals surface area contributed by atoms with Crippen LogP contribution < -0.4 is 0 Å². The molecular formula is C18H24N2. The van der Waals surface area contributed by atoms with Gasteiger partial charge in [0, 0.05) is 5.70 Å². The lowest BCUT2D eigenvalue weighted by atomic mass is 10.1. The van der Waals surface area contributed by atoms with Gasteiger partial charge in [0.15, 0.2) is 0 Å². The Morgan fingerprint density at radius 1 is 1.15 bits per heavy atom. The predicted molar refractivity (Wildman–Crippen MR) is 92.7 cm³/mol. The lowest BCUT2D eigenvalue weighted by Gasteiger charge is -2.04. The van der Waals surface area contributed by atoms with Crippen molar-refractivity contribution in [1.29, 1.82) is 0 Å². The monoisotopic (exact) mass is 268 g/mol. The summed E-state index contributed by atoms with van der Waals surface area (Å²) in [5.41, 5.74) is 3.68. The largest absolute Gasteiger partial charge is 0.280 e. The maximum Gasteiger partial charge on any atom is 0.0668 e. The van der Waals surface area contributed by atoms with Gasteiger partial charge in [-0.1, -0.05) is 49.6 Å². The van der Waals surface area contributed by atoms with Gasteiger partial charge in [0.25, 0.3) is 0 Å². The Morgan fingerprint density at radius 2 is 1.85 bits per heavy atom. The molecule has 0 rings (SSSR count). The van der Waals surface area contributed by atoms with E-state index >= 15 is 0 Å². The molecule has 0 bridgehead atoms. The highest BCUT2D eigenvalue weighted by Crippen LogP contribution is 2.08. The van der Waals surface area contributed by atoms with Crippen LogP contribution in [0.1, 0.15) is 20.8 Å².